The average molecular weight is 515 g/mol. The largest absolute Gasteiger partial charge is 0.401 e. The summed E-state index contributed by atoms with van der Waals surface area (Å²) in [6.45, 7) is 1.59. The van der Waals surface area contributed by atoms with E-state index in [-0.39, 0.29) is 30.0 Å². The molecule has 7 nitrogen and oxygen atoms in total. The summed E-state index contributed by atoms with van der Waals surface area (Å²) in [5.74, 6) is 2.66. The molecule has 1 aromatic rings. The number of aliphatic imine (C=N–C) groups is 1. The van der Waals surface area contributed by atoms with Crippen LogP contribution in [-0.4, -0.2) is 71.1 Å². The normalized spacial score (nSPS) is 21.0. The van der Waals surface area contributed by atoms with Crippen LogP contribution in [0.15, 0.2) is 4.99 Å². The van der Waals surface area contributed by atoms with E-state index in [4.69, 9.17) is 0 Å². The molecule has 1 atom stereocenters. The highest BCUT2D eigenvalue weighted by Gasteiger charge is 2.34. The number of guanidine groups is 1. The fraction of sp³-hybridized carbons (Fsp3) is 0.824. The SMILES string of the molecule is CN=C(NCCc1nnc2n1CCCCC2)NC1CCN(CC(F)(F)F)C1.I. The zero-order valence-corrected chi connectivity index (χ0v) is 18.5. The van der Waals surface area contributed by atoms with Crippen molar-refractivity contribution < 1.29 is 13.2 Å². The van der Waals surface area contributed by atoms with Gasteiger partial charge in [-0.25, -0.2) is 0 Å². The molecule has 0 bridgehead atoms. The number of halogens is 4. The predicted octanol–water partition coefficient (Wildman–Crippen LogP) is 1.97. The van der Waals surface area contributed by atoms with Crippen molar-refractivity contribution in [2.45, 2.75) is 57.3 Å². The lowest BCUT2D eigenvalue weighted by atomic mass is 10.2. The number of aryl methyl sites for hydroxylation is 1. The molecule has 2 N–H and O–H groups in total. The molecule has 1 aromatic heterocycles. The summed E-state index contributed by atoms with van der Waals surface area (Å²) in [6, 6.07) is -0.0251. The summed E-state index contributed by atoms with van der Waals surface area (Å²) in [7, 11) is 1.67. The van der Waals surface area contributed by atoms with Crippen LogP contribution in [0.3, 0.4) is 0 Å². The van der Waals surface area contributed by atoms with Crippen LogP contribution in [0.5, 0.6) is 0 Å². The highest BCUT2D eigenvalue weighted by Crippen LogP contribution is 2.20. The molecule has 3 heterocycles. The van der Waals surface area contributed by atoms with Gasteiger partial charge < -0.3 is 15.2 Å². The summed E-state index contributed by atoms with van der Waals surface area (Å²) in [5, 5.41) is 15.1. The van der Waals surface area contributed by atoms with Gasteiger partial charge in [0.05, 0.1) is 6.54 Å². The number of likely N-dealkylation sites (tertiary alicyclic amines) is 1. The van der Waals surface area contributed by atoms with E-state index in [0.29, 0.717) is 32.0 Å². The van der Waals surface area contributed by atoms with E-state index in [1.165, 1.54) is 17.7 Å². The molecule has 28 heavy (non-hydrogen) atoms. The van der Waals surface area contributed by atoms with Crippen molar-refractivity contribution in [3.63, 3.8) is 0 Å². The van der Waals surface area contributed by atoms with Crippen LogP contribution in [0.25, 0.3) is 0 Å². The number of aromatic nitrogens is 3. The number of alkyl halides is 3. The standard InChI is InChI=1S/C17H28F3N7.HI/c1-21-16(23-13-7-10-26(11-13)12-17(18,19)20)22-8-6-15-25-24-14-5-3-2-4-9-27(14)15;/h13H,2-12H2,1H3,(H2,21,22,23);1H. The molecule has 0 aliphatic carbocycles. The van der Waals surface area contributed by atoms with Gasteiger partial charge in [0.2, 0.25) is 0 Å². The Morgan fingerprint density at radius 3 is 2.79 bits per heavy atom. The van der Waals surface area contributed by atoms with Crippen molar-refractivity contribution in [3.8, 4) is 0 Å². The highest BCUT2D eigenvalue weighted by molar-refractivity contribution is 14.0. The van der Waals surface area contributed by atoms with Crippen molar-refractivity contribution in [2.24, 2.45) is 4.99 Å². The van der Waals surface area contributed by atoms with Gasteiger partial charge in [0.1, 0.15) is 11.6 Å². The molecule has 0 spiro atoms. The molecule has 1 unspecified atom stereocenters. The molecule has 0 amide bonds. The number of nitrogens with one attached hydrogen (secondary N) is 2. The van der Waals surface area contributed by atoms with Crippen molar-refractivity contribution in [3.05, 3.63) is 11.6 Å². The lowest BCUT2D eigenvalue weighted by Crippen LogP contribution is -2.45. The highest BCUT2D eigenvalue weighted by atomic mass is 127. The minimum absolute atomic E-state index is 0. The molecular weight excluding hydrogens is 486 g/mol. The van der Waals surface area contributed by atoms with E-state index >= 15 is 0 Å². The molecule has 0 radical (unpaired) electrons. The van der Waals surface area contributed by atoms with E-state index in [0.717, 1.165) is 37.5 Å². The second-order valence-electron chi connectivity index (χ2n) is 7.22. The van der Waals surface area contributed by atoms with Gasteiger partial charge in [-0.2, -0.15) is 13.2 Å². The first kappa shape index (κ1) is 23.2. The topological polar surface area (TPSA) is 70.4 Å². The Hall–Kier alpha value is -1.11. The Bertz CT molecular complexity index is 647. The van der Waals surface area contributed by atoms with Gasteiger partial charge in [-0.3, -0.25) is 9.89 Å². The molecule has 11 heteroatoms. The Balaban J connectivity index is 0.00000280. The van der Waals surface area contributed by atoms with Crippen LogP contribution in [0.2, 0.25) is 0 Å². The Kier molecular flexibility index (Phi) is 8.78. The third-order valence-corrected chi connectivity index (χ3v) is 5.07. The summed E-state index contributed by atoms with van der Waals surface area (Å²) in [6.07, 6.45) is 1.80. The van der Waals surface area contributed by atoms with Gasteiger partial charge in [-0.15, -0.1) is 34.2 Å². The Morgan fingerprint density at radius 2 is 2.04 bits per heavy atom. The Labute approximate surface area is 180 Å². The molecule has 3 rings (SSSR count). The maximum absolute atomic E-state index is 12.5. The molecular formula is C17H29F3IN7. The number of nitrogens with zero attached hydrogens (tertiary/aromatic N) is 5. The minimum atomic E-state index is -4.15. The van der Waals surface area contributed by atoms with Gasteiger partial charge >= 0.3 is 6.18 Å². The monoisotopic (exact) mass is 515 g/mol. The fourth-order valence-corrected chi connectivity index (χ4v) is 3.76. The van der Waals surface area contributed by atoms with Gasteiger partial charge in [0.15, 0.2) is 5.96 Å². The van der Waals surface area contributed by atoms with Gasteiger partial charge in [-0.1, -0.05) is 6.42 Å². The maximum Gasteiger partial charge on any atom is 0.401 e. The first-order chi connectivity index (χ1) is 12.9. The fourth-order valence-electron chi connectivity index (χ4n) is 3.76. The van der Waals surface area contributed by atoms with Crippen LogP contribution in [-0.2, 0) is 19.4 Å². The number of hydrogen-bond acceptors (Lipinski definition) is 4. The smallest absolute Gasteiger partial charge is 0.356 e. The first-order valence-electron chi connectivity index (χ1n) is 9.62. The van der Waals surface area contributed by atoms with Gasteiger partial charge in [0, 0.05) is 52.1 Å². The first-order valence-corrected chi connectivity index (χ1v) is 9.62. The van der Waals surface area contributed by atoms with Crippen LogP contribution in [0, 0.1) is 0 Å². The quantitative estimate of drug-likeness (QED) is 0.357. The van der Waals surface area contributed by atoms with E-state index in [1.54, 1.807) is 7.05 Å². The second kappa shape index (κ2) is 10.6. The summed E-state index contributed by atoms with van der Waals surface area (Å²) in [4.78, 5) is 5.61. The van der Waals surface area contributed by atoms with Crippen molar-refractivity contribution in [1.82, 2.24) is 30.3 Å². The third kappa shape index (κ3) is 6.75. The maximum atomic E-state index is 12.5. The van der Waals surface area contributed by atoms with Crippen LogP contribution in [0.1, 0.15) is 37.3 Å². The van der Waals surface area contributed by atoms with E-state index in [1.807, 2.05) is 0 Å². The van der Waals surface area contributed by atoms with Crippen molar-refractivity contribution >= 4 is 29.9 Å². The van der Waals surface area contributed by atoms with Gasteiger partial charge in [-0.05, 0) is 19.3 Å². The van der Waals surface area contributed by atoms with E-state index < -0.39 is 12.7 Å². The summed E-state index contributed by atoms with van der Waals surface area (Å²) >= 11 is 0. The Morgan fingerprint density at radius 1 is 1.21 bits per heavy atom. The molecule has 2 aliphatic rings. The minimum Gasteiger partial charge on any atom is -0.356 e. The average Bonchev–Trinajstić information content (AvgIpc) is 3.12. The molecule has 1 fully saturated rings. The lowest BCUT2D eigenvalue weighted by molar-refractivity contribution is -0.143. The van der Waals surface area contributed by atoms with Crippen LogP contribution in [0.4, 0.5) is 13.2 Å². The lowest BCUT2D eigenvalue weighted by Gasteiger charge is -2.19. The van der Waals surface area contributed by atoms with E-state index in [9.17, 15) is 13.2 Å². The summed E-state index contributed by atoms with van der Waals surface area (Å²) in [5.41, 5.74) is 0. The number of rotatable bonds is 5. The zero-order chi connectivity index (χ0) is 19.3. The number of fused-ring (bicyclic) bond motifs is 1. The number of hydrogen-bond donors (Lipinski definition) is 2. The molecule has 0 aromatic carbocycles. The second-order valence-corrected chi connectivity index (χ2v) is 7.22. The van der Waals surface area contributed by atoms with Crippen LogP contribution >= 0.6 is 24.0 Å². The van der Waals surface area contributed by atoms with Crippen LogP contribution < -0.4 is 10.6 Å². The molecule has 2 aliphatic heterocycles. The summed E-state index contributed by atoms with van der Waals surface area (Å²) < 4.78 is 39.7. The molecule has 160 valence electrons. The zero-order valence-electron chi connectivity index (χ0n) is 16.1. The molecule has 0 saturated carbocycles. The predicted molar refractivity (Wildman–Crippen MR) is 112 cm³/mol. The van der Waals surface area contributed by atoms with E-state index in [2.05, 4.69) is 30.4 Å². The van der Waals surface area contributed by atoms with Crippen molar-refractivity contribution in [1.29, 1.82) is 0 Å². The molecule has 1 saturated heterocycles. The van der Waals surface area contributed by atoms with Crippen molar-refractivity contribution in [2.75, 3.05) is 33.2 Å². The van der Waals surface area contributed by atoms with Gasteiger partial charge in [0.25, 0.3) is 0 Å². The third-order valence-electron chi connectivity index (χ3n) is 5.07.